The first-order chi connectivity index (χ1) is 12.0. The molecular weight excluding hydrogens is 314 g/mol. The number of rotatable bonds is 5. The molecule has 2 aliphatic rings. The van der Waals surface area contributed by atoms with Gasteiger partial charge in [-0.2, -0.15) is 0 Å². The van der Waals surface area contributed by atoms with E-state index in [-0.39, 0.29) is 23.7 Å². The largest absolute Gasteiger partial charge is 0.378 e. The van der Waals surface area contributed by atoms with Gasteiger partial charge < -0.3 is 15.1 Å². The fourth-order valence-electron chi connectivity index (χ4n) is 3.76. The van der Waals surface area contributed by atoms with Gasteiger partial charge in [0.25, 0.3) is 0 Å². The zero-order valence-corrected chi connectivity index (χ0v) is 15.5. The molecule has 3 atom stereocenters. The highest BCUT2D eigenvalue weighted by Gasteiger charge is 2.50. The van der Waals surface area contributed by atoms with E-state index in [1.807, 2.05) is 48.2 Å². The van der Waals surface area contributed by atoms with Gasteiger partial charge in [-0.25, -0.2) is 0 Å². The molecule has 0 radical (unpaired) electrons. The summed E-state index contributed by atoms with van der Waals surface area (Å²) in [5, 5.41) is 2.95. The van der Waals surface area contributed by atoms with E-state index in [4.69, 9.17) is 0 Å². The molecule has 1 N–H and O–H groups in total. The van der Waals surface area contributed by atoms with Crippen molar-refractivity contribution >= 4 is 23.2 Å². The van der Waals surface area contributed by atoms with Crippen LogP contribution in [0.3, 0.4) is 0 Å². The maximum atomic E-state index is 12.8. The van der Waals surface area contributed by atoms with Gasteiger partial charge in [-0.1, -0.05) is 6.92 Å². The van der Waals surface area contributed by atoms with Crippen molar-refractivity contribution in [2.75, 3.05) is 30.9 Å². The van der Waals surface area contributed by atoms with Crippen LogP contribution in [0.25, 0.3) is 0 Å². The Balaban J connectivity index is 1.55. The normalized spacial score (nSPS) is 25.4. The smallest absolute Gasteiger partial charge is 0.228 e. The van der Waals surface area contributed by atoms with Crippen molar-refractivity contribution in [1.29, 1.82) is 0 Å². The Hall–Kier alpha value is -2.04. The lowest BCUT2D eigenvalue weighted by molar-refractivity contribution is -0.137. The molecular formula is C20H29N3O2. The summed E-state index contributed by atoms with van der Waals surface area (Å²) >= 11 is 0. The van der Waals surface area contributed by atoms with Crippen LogP contribution >= 0.6 is 0 Å². The molecule has 0 bridgehead atoms. The maximum Gasteiger partial charge on any atom is 0.228 e. The summed E-state index contributed by atoms with van der Waals surface area (Å²) < 4.78 is 0. The number of piperidine rings is 1. The van der Waals surface area contributed by atoms with Gasteiger partial charge in [-0.3, -0.25) is 9.59 Å². The van der Waals surface area contributed by atoms with Crippen LogP contribution in [-0.2, 0) is 9.59 Å². The number of nitrogens with zero attached hydrogens (tertiary/aromatic N) is 2. The number of hydrogen-bond donors (Lipinski definition) is 1. The van der Waals surface area contributed by atoms with Gasteiger partial charge in [0.05, 0.1) is 11.8 Å². The summed E-state index contributed by atoms with van der Waals surface area (Å²) in [7, 11) is 3.97. The molecule has 0 aromatic heterocycles. The fourth-order valence-corrected chi connectivity index (χ4v) is 3.76. The van der Waals surface area contributed by atoms with E-state index >= 15 is 0 Å². The maximum absolute atomic E-state index is 12.8. The van der Waals surface area contributed by atoms with Gasteiger partial charge >= 0.3 is 0 Å². The van der Waals surface area contributed by atoms with Gasteiger partial charge in [0.15, 0.2) is 0 Å². The molecule has 2 amide bonds. The first-order valence-electron chi connectivity index (χ1n) is 9.40. The van der Waals surface area contributed by atoms with Crippen molar-refractivity contribution in [1.82, 2.24) is 4.90 Å². The molecule has 1 heterocycles. The van der Waals surface area contributed by atoms with Crippen LogP contribution in [0.2, 0.25) is 0 Å². The standard InChI is InChI=1S/C20H29N3O2/c1-4-15-7-5-6-12-23(15)20(25)18-13-17(18)19(24)21-14-8-10-16(11-9-14)22(2)3/h8-11,15,17-18H,4-7,12-13H2,1-3H3,(H,21,24). The summed E-state index contributed by atoms with van der Waals surface area (Å²) in [5.74, 6) is -0.121. The fraction of sp³-hybridized carbons (Fsp3) is 0.600. The molecule has 1 aliphatic heterocycles. The van der Waals surface area contributed by atoms with Crippen molar-refractivity contribution in [3.8, 4) is 0 Å². The minimum atomic E-state index is -0.166. The summed E-state index contributed by atoms with van der Waals surface area (Å²) in [4.78, 5) is 29.3. The third-order valence-corrected chi connectivity index (χ3v) is 5.48. The predicted octanol–water partition coefficient (Wildman–Crippen LogP) is 3.12. The number of carbonyl (C=O) groups is 2. The highest BCUT2D eigenvalue weighted by atomic mass is 16.2. The van der Waals surface area contributed by atoms with E-state index in [2.05, 4.69) is 12.2 Å². The lowest BCUT2D eigenvalue weighted by Gasteiger charge is -2.35. The van der Waals surface area contributed by atoms with Crippen molar-refractivity contribution in [3.63, 3.8) is 0 Å². The van der Waals surface area contributed by atoms with Crippen LogP contribution < -0.4 is 10.2 Å². The first kappa shape index (κ1) is 17.8. The first-order valence-corrected chi connectivity index (χ1v) is 9.40. The second-order valence-corrected chi connectivity index (χ2v) is 7.47. The molecule has 25 heavy (non-hydrogen) atoms. The van der Waals surface area contributed by atoms with Gasteiger partial charge in [0.2, 0.25) is 11.8 Å². The zero-order chi connectivity index (χ0) is 18.0. The van der Waals surface area contributed by atoms with Crippen LogP contribution in [0.15, 0.2) is 24.3 Å². The quantitative estimate of drug-likeness (QED) is 0.894. The molecule has 1 aromatic rings. The molecule has 5 heteroatoms. The topological polar surface area (TPSA) is 52.7 Å². The van der Waals surface area contributed by atoms with Crippen molar-refractivity contribution in [2.24, 2.45) is 11.8 Å². The molecule has 0 spiro atoms. The number of amides is 2. The Morgan fingerprint density at radius 3 is 2.52 bits per heavy atom. The lowest BCUT2D eigenvalue weighted by atomic mass is 9.99. The second-order valence-electron chi connectivity index (χ2n) is 7.47. The molecule has 5 nitrogen and oxygen atoms in total. The van der Waals surface area contributed by atoms with E-state index in [0.29, 0.717) is 12.5 Å². The Morgan fingerprint density at radius 1 is 1.16 bits per heavy atom. The highest BCUT2D eigenvalue weighted by Crippen LogP contribution is 2.42. The van der Waals surface area contributed by atoms with Crippen LogP contribution in [0.4, 0.5) is 11.4 Å². The van der Waals surface area contributed by atoms with E-state index in [1.165, 1.54) is 6.42 Å². The second kappa shape index (κ2) is 7.46. The van der Waals surface area contributed by atoms with Crippen molar-refractivity contribution < 1.29 is 9.59 Å². The van der Waals surface area contributed by atoms with Crippen molar-refractivity contribution in [2.45, 2.75) is 45.1 Å². The third-order valence-electron chi connectivity index (χ3n) is 5.48. The molecule has 2 fully saturated rings. The molecule has 1 aromatic carbocycles. The van der Waals surface area contributed by atoms with Crippen LogP contribution in [-0.4, -0.2) is 43.4 Å². The molecule has 1 saturated heterocycles. The highest BCUT2D eigenvalue weighted by molar-refractivity contribution is 5.99. The average Bonchev–Trinajstić information content (AvgIpc) is 3.42. The number of anilines is 2. The van der Waals surface area contributed by atoms with Crippen LogP contribution in [0, 0.1) is 11.8 Å². The lowest BCUT2D eigenvalue weighted by Crippen LogP contribution is -2.44. The summed E-state index contributed by atoms with van der Waals surface area (Å²) in [5.41, 5.74) is 1.88. The van der Waals surface area contributed by atoms with E-state index < -0.39 is 0 Å². The number of hydrogen-bond acceptors (Lipinski definition) is 3. The molecule has 3 rings (SSSR count). The van der Waals surface area contributed by atoms with Gasteiger partial charge in [0.1, 0.15) is 0 Å². The summed E-state index contributed by atoms with van der Waals surface area (Å²) in [6.07, 6.45) is 5.09. The Labute approximate surface area is 150 Å². The Kier molecular flexibility index (Phi) is 5.30. The monoisotopic (exact) mass is 343 g/mol. The molecule has 1 aliphatic carbocycles. The Morgan fingerprint density at radius 2 is 1.88 bits per heavy atom. The Bertz CT molecular complexity index is 626. The van der Waals surface area contributed by atoms with Gasteiger partial charge in [-0.05, 0) is 56.4 Å². The number of carbonyl (C=O) groups excluding carboxylic acids is 2. The molecule has 1 saturated carbocycles. The van der Waals surface area contributed by atoms with Gasteiger partial charge in [-0.15, -0.1) is 0 Å². The summed E-state index contributed by atoms with van der Waals surface area (Å²) in [6.45, 7) is 3.00. The number of nitrogens with one attached hydrogen (secondary N) is 1. The predicted molar refractivity (Wildman–Crippen MR) is 101 cm³/mol. The van der Waals surface area contributed by atoms with Crippen LogP contribution in [0.1, 0.15) is 39.0 Å². The minimum absolute atomic E-state index is 0.0268. The average molecular weight is 343 g/mol. The summed E-state index contributed by atoms with van der Waals surface area (Å²) in [6, 6.07) is 8.13. The van der Waals surface area contributed by atoms with E-state index in [0.717, 1.165) is 37.2 Å². The third kappa shape index (κ3) is 3.97. The molecule has 136 valence electrons. The SMILES string of the molecule is CCC1CCCCN1C(=O)C1CC1C(=O)Nc1ccc(N(C)C)cc1. The van der Waals surface area contributed by atoms with Crippen molar-refractivity contribution in [3.05, 3.63) is 24.3 Å². The minimum Gasteiger partial charge on any atom is -0.378 e. The van der Waals surface area contributed by atoms with Crippen LogP contribution in [0.5, 0.6) is 0 Å². The zero-order valence-electron chi connectivity index (χ0n) is 15.5. The van der Waals surface area contributed by atoms with Gasteiger partial charge in [0, 0.05) is 38.1 Å². The number of likely N-dealkylation sites (tertiary alicyclic amines) is 1. The van der Waals surface area contributed by atoms with E-state index in [9.17, 15) is 9.59 Å². The molecule has 3 unspecified atom stereocenters. The van der Waals surface area contributed by atoms with E-state index in [1.54, 1.807) is 0 Å². The number of benzene rings is 1.